The molecular formula is C11H17ClN2O2. The zero-order valence-corrected chi connectivity index (χ0v) is 10.3. The van der Waals surface area contributed by atoms with E-state index in [2.05, 4.69) is 5.32 Å². The lowest BCUT2D eigenvalue weighted by molar-refractivity contribution is -0.117. The number of hydrogen-bond acceptors (Lipinski definition) is 3. The average Bonchev–Trinajstić information content (AvgIpc) is 2.20. The Kier molecular flexibility index (Phi) is 6.53. The van der Waals surface area contributed by atoms with Crippen LogP contribution in [0.4, 0.5) is 11.4 Å². The highest BCUT2D eigenvalue weighted by Crippen LogP contribution is 2.18. The van der Waals surface area contributed by atoms with Gasteiger partial charge in [-0.2, -0.15) is 0 Å². The number of carbonyl (C=O) groups is 1. The number of carbonyl (C=O) groups excluding carboxylic acids is 1. The fourth-order valence-corrected chi connectivity index (χ4v) is 1.18. The lowest BCUT2D eigenvalue weighted by Crippen LogP contribution is -2.14. The Morgan fingerprint density at radius 2 is 2.19 bits per heavy atom. The number of methoxy groups -OCH3 is 1. The number of amides is 1. The molecule has 5 heteroatoms. The van der Waals surface area contributed by atoms with Crippen molar-refractivity contribution in [3.8, 4) is 0 Å². The Morgan fingerprint density at radius 1 is 1.50 bits per heavy atom. The normalized spacial score (nSPS) is 9.38. The Hall–Kier alpha value is -1.26. The summed E-state index contributed by atoms with van der Waals surface area (Å²) in [7, 11) is 1.57. The van der Waals surface area contributed by atoms with Crippen LogP contribution < -0.4 is 11.1 Å². The van der Waals surface area contributed by atoms with Crippen molar-refractivity contribution < 1.29 is 9.53 Å². The van der Waals surface area contributed by atoms with E-state index < -0.39 is 0 Å². The molecule has 0 bridgehead atoms. The summed E-state index contributed by atoms with van der Waals surface area (Å²) < 4.78 is 4.82. The Labute approximate surface area is 102 Å². The van der Waals surface area contributed by atoms with Crippen molar-refractivity contribution in [2.24, 2.45) is 0 Å². The van der Waals surface area contributed by atoms with Gasteiger partial charge in [-0.3, -0.25) is 4.79 Å². The molecule has 0 saturated heterocycles. The van der Waals surface area contributed by atoms with Crippen LogP contribution in [0.5, 0.6) is 0 Å². The van der Waals surface area contributed by atoms with Gasteiger partial charge in [-0.15, -0.1) is 12.4 Å². The fraction of sp³-hybridized carbons (Fsp3) is 0.364. The number of nitrogens with one attached hydrogen (secondary N) is 1. The maximum atomic E-state index is 11.4. The summed E-state index contributed by atoms with van der Waals surface area (Å²) in [6.45, 7) is 2.35. The molecule has 0 fully saturated rings. The molecule has 1 rings (SSSR count). The van der Waals surface area contributed by atoms with E-state index in [1.807, 2.05) is 13.0 Å². The second-order valence-corrected chi connectivity index (χ2v) is 3.37. The van der Waals surface area contributed by atoms with Gasteiger partial charge in [0.2, 0.25) is 5.91 Å². The molecule has 1 aromatic carbocycles. The highest BCUT2D eigenvalue weighted by atomic mass is 35.5. The molecule has 0 aliphatic heterocycles. The highest BCUT2D eigenvalue weighted by Gasteiger charge is 2.04. The van der Waals surface area contributed by atoms with Crippen LogP contribution >= 0.6 is 12.4 Å². The third kappa shape index (κ3) is 4.51. The maximum absolute atomic E-state index is 11.4. The Balaban J connectivity index is 0.00000225. The quantitative estimate of drug-likeness (QED) is 0.796. The van der Waals surface area contributed by atoms with E-state index in [1.54, 1.807) is 19.2 Å². The minimum Gasteiger partial charge on any atom is -0.399 e. The van der Waals surface area contributed by atoms with Gasteiger partial charge in [0.05, 0.1) is 13.0 Å². The van der Waals surface area contributed by atoms with Crippen LogP contribution in [0, 0.1) is 6.92 Å². The second-order valence-electron chi connectivity index (χ2n) is 3.37. The number of benzene rings is 1. The molecule has 0 unspecified atom stereocenters. The molecular weight excluding hydrogens is 228 g/mol. The van der Waals surface area contributed by atoms with Gasteiger partial charge in [-0.25, -0.2) is 0 Å². The Bertz CT molecular complexity index is 356. The van der Waals surface area contributed by atoms with E-state index in [0.29, 0.717) is 18.7 Å². The first-order valence-corrected chi connectivity index (χ1v) is 4.78. The number of hydrogen-bond donors (Lipinski definition) is 2. The summed E-state index contributed by atoms with van der Waals surface area (Å²) in [6.07, 6.45) is 0.352. The standard InChI is InChI=1S/C11H16N2O2.ClH/c1-8-3-4-9(12)7-10(8)13-11(14)5-6-15-2;/h3-4,7H,5-6,12H2,1-2H3,(H,13,14);1H. The third-order valence-electron chi connectivity index (χ3n) is 2.07. The summed E-state index contributed by atoms with van der Waals surface area (Å²) >= 11 is 0. The van der Waals surface area contributed by atoms with Crippen LogP contribution in [0.15, 0.2) is 18.2 Å². The first kappa shape index (κ1) is 14.7. The van der Waals surface area contributed by atoms with Gasteiger partial charge in [0.25, 0.3) is 0 Å². The van der Waals surface area contributed by atoms with Crippen molar-refractivity contribution in [3.05, 3.63) is 23.8 Å². The van der Waals surface area contributed by atoms with Crippen molar-refractivity contribution in [2.45, 2.75) is 13.3 Å². The van der Waals surface area contributed by atoms with Crippen molar-refractivity contribution in [1.82, 2.24) is 0 Å². The highest BCUT2D eigenvalue weighted by molar-refractivity contribution is 5.92. The predicted octanol–water partition coefficient (Wildman–Crippen LogP) is 1.97. The average molecular weight is 245 g/mol. The summed E-state index contributed by atoms with van der Waals surface area (Å²) in [4.78, 5) is 11.4. The number of halogens is 1. The molecule has 90 valence electrons. The van der Waals surface area contributed by atoms with Gasteiger partial charge >= 0.3 is 0 Å². The molecule has 4 nitrogen and oxygen atoms in total. The monoisotopic (exact) mass is 244 g/mol. The smallest absolute Gasteiger partial charge is 0.226 e. The Morgan fingerprint density at radius 3 is 2.81 bits per heavy atom. The second kappa shape index (κ2) is 7.09. The summed E-state index contributed by atoms with van der Waals surface area (Å²) in [5.74, 6) is -0.0643. The molecule has 0 aliphatic carbocycles. The number of rotatable bonds is 4. The van der Waals surface area contributed by atoms with E-state index in [9.17, 15) is 4.79 Å². The van der Waals surface area contributed by atoms with Gasteiger partial charge in [0.1, 0.15) is 0 Å². The summed E-state index contributed by atoms with van der Waals surface area (Å²) in [5.41, 5.74) is 8.02. The van der Waals surface area contributed by atoms with Crippen LogP contribution in [0.3, 0.4) is 0 Å². The molecule has 0 spiro atoms. The topological polar surface area (TPSA) is 64.3 Å². The molecule has 0 radical (unpaired) electrons. The summed E-state index contributed by atoms with van der Waals surface area (Å²) in [6, 6.07) is 5.43. The lowest BCUT2D eigenvalue weighted by Gasteiger charge is -2.08. The largest absolute Gasteiger partial charge is 0.399 e. The number of nitrogens with two attached hydrogens (primary N) is 1. The van der Waals surface area contributed by atoms with Crippen molar-refractivity contribution in [2.75, 3.05) is 24.8 Å². The predicted molar refractivity (Wildman–Crippen MR) is 68.0 cm³/mol. The van der Waals surface area contributed by atoms with Gasteiger partial charge in [-0.1, -0.05) is 6.07 Å². The SMILES string of the molecule is COCCC(=O)Nc1cc(N)ccc1C.Cl. The molecule has 0 saturated carbocycles. The molecule has 0 atom stereocenters. The fourth-order valence-electron chi connectivity index (χ4n) is 1.18. The minimum absolute atomic E-state index is 0. The van der Waals surface area contributed by atoms with Gasteiger partial charge in [-0.05, 0) is 24.6 Å². The van der Waals surface area contributed by atoms with Crippen molar-refractivity contribution in [1.29, 1.82) is 0 Å². The van der Waals surface area contributed by atoms with E-state index in [4.69, 9.17) is 10.5 Å². The molecule has 0 aromatic heterocycles. The first-order valence-electron chi connectivity index (χ1n) is 4.78. The summed E-state index contributed by atoms with van der Waals surface area (Å²) in [5, 5.41) is 2.79. The van der Waals surface area contributed by atoms with E-state index in [0.717, 1.165) is 11.3 Å². The molecule has 0 aliphatic rings. The van der Waals surface area contributed by atoms with Crippen molar-refractivity contribution in [3.63, 3.8) is 0 Å². The maximum Gasteiger partial charge on any atom is 0.226 e. The van der Waals surface area contributed by atoms with E-state index in [1.165, 1.54) is 0 Å². The number of nitrogen functional groups attached to an aromatic ring is 1. The van der Waals surface area contributed by atoms with Gasteiger partial charge in [0, 0.05) is 18.5 Å². The van der Waals surface area contributed by atoms with E-state index >= 15 is 0 Å². The van der Waals surface area contributed by atoms with Crippen LogP contribution in [0.1, 0.15) is 12.0 Å². The molecule has 16 heavy (non-hydrogen) atoms. The van der Waals surface area contributed by atoms with Crippen LogP contribution in [0.25, 0.3) is 0 Å². The van der Waals surface area contributed by atoms with Crippen LogP contribution in [0.2, 0.25) is 0 Å². The van der Waals surface area contributed by atoms with E-state index in [-0.39, 0.29) is 18.3 Å². The van der Waals surface area contributed by atoms with Crippen LogP contribution in [-0.2, 0) is 9.53 Å². The van der Waals surface area contributed by atoms with Gasteiger partial charge in [0.15, 0.2) is 0 Å². The number of anilines is 2. The minimum atomic E-state index is -0.0643. The van der Waals surface area contributed by atoms with Crippen molar-refractivity contribution >= 4 is 29.7 Å². The zero-order valence-electron chi connectivity index (χ0n) is 9.45. The number of ether oxygens (including phenoxy) is 1. The lowest BCUT2D eigenvalue weighted by atomic mass is 10.2. The molecule has 0 heterocycles. The molecule has 1 amide bonds. The molecule has 3 N–H and O–H groups in total. The molecule has 1 aromatic rings. The first-order chi connectivity index (χ1) is 7.13. The third-order valence-corrected chi connectivity index (χ3v) is 2.07. The van der Waals surface area contributed by atoms with Gasteiger partial charge < -0.3 is 15.8 Å². The number of aryl methyl sites for hydroxylation is 1. The van der Waals surface area contributed by atoms with Crippen LogP contribution in [-0.4, -0.2) is 19.6 Å². The zero-order chi connectivity index (χ0) is 11.3.